The number of carbonyl (C=O) groups excluding carboxylic acids is 2. The highest BCUT2D eigenvalue weighted by Gasteiger charge is 2.18. The van der Waals surface area contributed by atoms with Gasteiger partial charge in [-0.2, -0.15) is 0 Å². The summed E-state index contributed by atoms with van der Waals surface area (Å²) in [5.41, 5.74) is 2.03. The van der Waals surface area contributed by atoms with Gasteiger partial charge < -0.3 is 19.5 Å². The van der Waals surface area contributed by atoms with Crippen molar-refractivity contribution in [1.29, 1.82) is 0 Å². The molecule has 6 heteroatoms. The van der Waals surface area contributed by atoms with Gasteiger partial charge in [-0.05, 0) is 36.8 Å². The Morgan fingerprint density at radius 2 is 1.75 bits per heavy atom. The van der Waals surface area contributed by atoms with E-state index in [1.807, 2.05) is 6.92 Å². The maximum absolute atomic E-state index is 12.6. The maximum atomic E-state index is 12.6. The highest BCUT2D eigenvalue weighted by Crippen LogP contribution is 2.31. The minimum Gasteiger partial charge on any atom is -0.493 e. The van der Waals surface area contributed by atoms with Crippen LogP contribution in [-0.2, 0) is 4.74 Å². The molecule has 126 valence electrons. The summed E-state index contributed by atoms with van der Waals surface area (Å²) in [5, 5.41) is 2.79. The molecule has 1 amide bonds. The first kappa shape index (κ1) is 17.3. The van der Waals surface area contributed by atoms with Crippen molar-refractivity contribution in [3.8, 4) is 11.5 Å². The fraction of sp³-hybridized carbons (Fsp3) is 0.222. The smallest absolute Gasteiger partial charge is 0.337 e. The van der Waals surface area contributed by atoms with Gasteiger partial charge in [0.2, 0.25) is 0 Å². The molecule has 0 aliphatic heterocycles. The molecule has 0 spiro atoms. The molecule has 0 bridgehead atoms. The number of amides is 1. The lowest BCUT2D eigenvalue weighted by Crippen LogP contribution is -2.15. The molecule has 2 aromatic carbocycles. The topological polar surface area (TPSA) is 73.9 Å². The number of benzene rings is 2. The molecule has 0 unspecified atom stereocenters. The molecule has 2 aromatic rings. The van der Waals surface area contributed by atoms with E-state index in [4.69, 9.17) is 14.2 Å². The Morgan fingerprint density at radius 3 is 2.38 bits per heavy atom. The van der Waals surface area contributed by atoms with E-state index in [1.54, 1.807) is 36.4 Å². The van der Waals surface area contributed by atoms with Gasteiger partial charge in [-0.3, -0.25) is 4.79 Å². The van der Waals surface area contributed by atoms with Gasteiger partial charge >= 0.3 is 5.97 Å². The average molecular weight is 329 g/mol. The van der Waals surface area contributed by atoms with Crippen LogP contribution in [0.4, 0.5) is 5.69 Å². The molecule has 0 saturated heterocycles. The monoisotopic (exact) mass is 329 g/mol. The minimum absolute atomic E-state index is 0.333. The summed E-state index contributed by atoms with van der Waals surface area (Å²) < 4.78 is 15.2. The first-order valence-corrected chi connectivity index (χ1v) is 7.23. The summed E-state index contributed by atoms with van der Waals surface area (Å²) in [7, 11) is 4.28. The van der Waals surface area contributed by atoms with Crippen LogP contribution in [0.1, 0.15) is 26.3 Å². The van der Waals surface area contributed by atoms with Crippen molar-refractivity contribution in [3.05, 3.63) is 53.1 Å². The van der Waals surface area contributed by atoms with E-state index in [2.05, 4.69) is 5.32 Å². The van der Waals surface area contributed by atoms with E-state index in [-0.39, 0.29) is 5.91 Å². The van der Waals surface area contributed by atoms with Gasteiger partial charge in [-0.15, -0.1) is 0 Å². The van der Waals surface area contributed by atoms with Crippen LogP contribution in [0, 0.1) is 6.92 Å². The number of methoxy groups -OCH3 is 3. The largest absolute Gasteiger partial charge is 0.493 e. The summed E-state index contributed by atoms with van der Waals surface area (Å²) in [4.78, 5) is 24.2. The van der Waals surface area contributed by atoms with Crippen LogP contribution in [0.2, 0.25) is 0 Å². The van der Waals surface area contributed by atoms with Crippen molar-refractivity contribution < 1.29 is 23.8 Å². The summed E-state index contributed by atoms with van der Waals surface area (Å²) in [6.07, 6.45) is 0. The van der Waals surface area contributed by atoms with Crippen molar-refractivity contribution >= 4 is 17.6 Å². The van der Waals surface area contributed by atoms with E-state index in [0.29, 0.717) is 28.3 Å². The number of hydrogen-bond acceptors (Lipinski definition) is 5. The molecule has 1 N–H and O–H groups in total. The SMILES string of the molecule is COC(=O)c1ccc(C)c(NC(=O)c2cccc(OC)c2OC)c1. The Balaban J connectivity index is 2.35. The molecule has 24 heavy (non-hydrogen) atoms. The third-order valence-corrected chi connectivity index (χ3v) is 3.55. The Morgan fingerprint density at radius 1 is 1.00 bits per heavy atom. The lowest BCUT2D eigenvalue weighted by molar-refractivity contribution is 0.0600. The fourth-order valence-electron chi connectivity index (χ4n) is 2.26. The van der Waals surface area contributed by atoms with Crippen molar-refractivity contribution in [2.45, 2.75) is 6.92 Å². The maximum Gasteiger partial charge on any atom is 0.337 e. The Labute approximate surface area is 140 Å². The van der Waals surface area contributed by atoms with E-state index >= 15 is 0 Å². The second kappa shape index (κ2) is 7.50. The second-order valence-electron chi connectivity index (χ2n) is 5.02. The number of nitrogens with one attached hydrogen (secondary N) is 1. The molecule has 0 fully saturated rings. The third-order valence-electron chi connectivity index (χ3n) is 3.55. The first-order valence-electron chi connectivity index (χ1n) is 7.23. The number of aryl methyl sites for hydroxylation is 1. The van der Waals surface area contributed by atoms with Gasteiger partial charge in [0.05, 0.1) is 32.5 Å². The zero-order valence-electron chi connectivity index (χ0n) is 14.0. The highest BCUT2D eigenvalue weighted by atomic mass is 16.5. The molecule has 0 aromatic heterocycles. The van der Waals surface area contributed by atoms with Crippen LogP contribution in [0.25, 0.3) is 0 Å². The third kappa shape index (κ3) is 3.48. The van der Waals surface area contributed by atoms with Gasteiger partial charge in [0.1, 0.15) is 0 Å². The van der Waals surface area contributed by atoms with Crippen LogP contribution in [0.5, 0.6) is 11.5 Å². The van der Waals surface area contributed by atoms with Gasteiger partial charge in [0.15, 0.2) is 11.5 Å². The molecule has 0 radical (unpaired) electrons. The predicted molar refractivity (Wildman–Crippen MR) is 90.0 cm³/mol. The van der Waals surface area contributed by atoms with Gasteiger partial charge in [-0.25, -0.2) is 4.79 Å². The predicted octanol–water partition coefficient (Wildman–Crippen LogP) is 3.05. The number of hydrogen-bond donors (Lipinski definition) is 1. The van der Waals surface area contributed by atoms with Crippen LogP contribution < -0.4 is 14.8 Å². The van der Waals surface area contributed by atoms with E-state index < -0.39 is 5.97 Å². The number of rotatable bonds is 5. The van der Waals surface area contributed by atoms with Gasteiger partial charge in [-0.1, -0.05) is 12.1 Å². The summed E-state index contributed by atoms with van der Waals surface area (Å²) >= 11 is 0. The molecule has 2 rings (SSSR count). The van der Waals surface area contributed by atoms with Crippen molar-refractivity contribution in [1.82, 2.24) is 0 Å². The molecule has 0 saturated carbocycles. The molecule has 0 atom stereocenters. The number of para-hydroxylation sites is 1. The van der Waals surface area contributed by atoms with Crippen LogP contribution >= 0.6 is 0 Å². The zero-order valence-corrected chi connectivity index (χ0v) is 14.0. The van der Waals surface area contributed by atoms with Crippen LogP contribution in [0.3, 0.4) is 0 Å². The number of ether oxygens (including phenoxy) is 3. The Kier molecular flexibility index (Phi) is 5.42. The lowest BCUT2D eigenvalue weighted by atomic mass is 10.1. The standard InChI is InChI=1S/C18H19NO5/c1-11-8-9-12(18(21)24-4)10-14(11)19-17(20)13-6-5-7-15(22-2)16(13)23-3/h5-10H,1-4H3,(H,19,20). The highest BCUT2D eigenvalue weighted by molar-refractivity contribution is 6.07. The van der Waals surface area contributed by atoms with Crippen molar-refractivity contribution in [3.63, 3.8) is 0 Å². The lowest BCUT2D eigenvalue weighted by Gasteiger charge is -2.14. The van der Waals surface area contributed by atoms with Crippen LogP contribution in [0.15, 0.2) is 36.4 Å². The Bertz CT molecular complexity index is 770. The number of carbonyl (C=O) groups is 2. The molecular weight excluding hydrogens is 310 g/mol. The molecule has 0 heterocycles. The quantitative estimate of drug-likeness (QED) is 0.854. The summed E-state index contributed by atoms with van der Waals surface area (Å²) in [6.45, 7) is 1.83. The molecule has 6 nitrogen and oxygen atoms in total. The van der Waals surface area contributed by atoms with Gasteiger partial charge in [0.25, 0.3) is 5.91 Å². The molecule has 0 aliphatic carbocycles. The van der Waals surface area contributed by atoms with Crippen molar-refractivity contribution in [2.75, 3.05) is 26.6 Å². The molecular formula is C18H19NO5. The fourth-order valence-corrected chi connectivity index (χ4v) is 2.26. The second-order valence-corrected chi connectivity index (χ2v) is 5.02. The summed E-state index contributed by atoms with van der Waals surface area (Å²) in [5.74, 6) is -0.0233. The first-order chi connectivity index (χ1) is 11.5. The normalized spacial score (nSPS) is 10.0. The Hall–Kier alpha value is -3.02. The number of esters is 1. The zero-order chi connectivity index (χ0) is 17.7. The van der Waals surface area contributed by atoms with E-state index in [0.717, 1.165) is 5.56 Å². The molecule has 0 aliphatic rings. The van der Waals surface area contributed by atoms with Crippen molar-refractivity contribution in [2.24, 2.45) is 0 Å². The average Bonchev–Trinajstić information content (AvgIpc) is 2.61. The minimum atomic E-state index is -0.468. The number of anilines is 1. The van der Waals surface area contributed by atoms with Crippen LogP contribution in [-0.4, -0.2) is 33.2 Å². The van der Waals surface area contributed by atoms with E-state index in [1.165, 1.54) is 21.3 Å². The van der Waals surface area contributed by atoms with Gasteiger partial charge in [0, 0.05) is 5.69 Å². The summed E-state index contributed by atoms with van der Waals surface area (Å²) in [6, 6.07) is 10.0. The van der Waals surface area contributed by atoms with E-state index in [9.17, 15) is 9.59 Å².